The Kier molecular flexibility index (Phi) is 4.72. The van der Waals surface area contributed by atoms with Crippen LogP contribution in [0.5, 0.6) is 0 Å². The number of nitrogens with zero attached hydrogens (tertiary/aromatic N) is 2. The molecule has 2 rings (SSSR count). The molecule has 2 unspecified atom stereocenters. The van der Waals surface area contributed by atoms with Crippen LogP contribution in [0.3, 0.4) is 0 Å². The molecule has 1 fully saturated rings. The van der Waals surface area contributed by atoms with E-state index in [0.29, 0.717) is 19.5 Å². The fraction of sp³-hybridized carbons (Fsp3) is 0.615. The first kappa shape index (κ1) is 14.9. The molecule has 110 valence electrons. The molecule has 1 aliphatic heterocycles. The lowest BCUT2D eigenvalue weighted by atomic mass is 9.85. The minimum absolute atomic E-state index is 0.310. The van der Waals surface area contributed by atoms with E-state index in [1.807, 2.05) is 11.8 Å². The minimum Gasteiger partial charge on any atom is -0.481 e. The molecule has 1 saturated heterocycles. The maximum atomic E-state index is 11.2. The number of thiazole rings is 1. The van der Waals surface area contributed by atoms with E-state index in [0.717, 1.165) is 18.7 Å². The molecule has 7 heteroatoms. The van der Waals surface area contributed by atoms with E-state index in [4.69, 9.17) is 5.11 Å². The summed E-state index contributed by atoms with van der Waals surface area (Å²) in [7, 11) is 0. The molecule has 0 amide bonds. The number of hydrogen-bond acceptors (Lipinski definition) is 5. The van der Waals surface area contributed by atoms with Gasteiger partial charge in [-0.05, 0) is 26.3 Å². The monoisotopic (exact) mass is 298 g/mol. The Morgan fingerprint density at radius 3 is 2.65 bits per heavy atom. The Labute approximate surface area is 121 Å². The lowest BCUT2D eigenvalue weighted by molar-refractivity contribution is -0.157. The molecular weight excluding hydrogens is 280 g/mol. The summed E-state index contributed by atoms with van der Waals surface area (Å²) in [6, 6.07) is 0. The van der Waals surface area contributed by atoms with Crippen molar-refractivity contribution in [3.8, 4) is 0 Å². The molecule has 1 aliphatic rings. The maximum Gasteiger partial charge on any atom is 0.308 e. The van der Waals surface area contributed by atoms with Gasteiger partial charge in [0.1, 0.15) is 0 Å². The highest BCUT2D eigenvalue weighted by Gasteiger charge is 2.38. The van der Waals surface area contributed by atoms with E-state index in [9.17, 15) is 14.7 Å². The van der Waals surface area contributed by atoms with Crippen molar-refractivity contribution in [3.63, 3.8) is 0 Å². The second kappa shape index (κ2) is 6.32. The van der Waals surface area contributed by atoms with Crippen LogP contribution in [-0.2, 0) is 16.0 Å². The summed E-state index contributed by atoms with van der Waals surface area (Å²) in [5, 5.41) is 18.2. The molecule has 2 N–H and O–H groups in total. The Morgan fingerprint density at radius 2 is 2.10 bits per heavy atom. The van der Waals surface area contributed by atoms with Gasteiger partial charge in [0.2, 0.25) is 0 Å². The predicted octanol–water partition coefficient (Wildman–Crippen LogP) is 1.10. The van der Waals surface area contributed by atoms with Crippen LogP contribution in [0.15, 0.2) is 5.51 Å². The van der Waals surface area contributed by atoms with Gasteiger partial charge < -0.3 is 15.1 Å². The molecule has 2 atom stereocenters. The Morgan fingerprint density at radius 1 is 1.40 bits per heavy atom. The third-order valence-corrected chi connectivity index (χ3v) is 4.83. The van der Waals surface area contributed by atoms with E-state index < -0.39 is 23.8 Å². The van der Waals surface area contributed by atoms with Gasteiger partial charge in [-0.1, -0.05) is 0 Å². The fourth-order valence-corrected chi connectivity index (χ4v) is 3.36. The smallest absolute Gasteiger partial charge is 0.308 e. The number of piperidine rings is 1. The fourth-order valence-electron chi connectivity index (χ4n) is 2.59. The molecule has 0 aliphatic carbocycles. The first-order chi connectivity index (χ1) is 9.49. The minimum atomic E-state index is -1.02. The first-order valence-electron chi connectivity index (χ1n) is 6.56. The molecule has 20 heavy (non-hydrogen) atoms. The summed E-state index contributed by atoms with van der Waals surface area (Å²) >= 11 is 1.60. The van der Waals surface area contributed by atoms with Crippen molar-refractivity contribution in [2.75, 3.05) is 19.6 Å². The highest BCUT2D eigenvalue weighted by Crippen LogP contribution is 2.25. The van der Waals surface area contributed by atoms with Crippen molar-refractivity contribution in [1.82, 2.24) is 9.88 Å². The van der Waals surface area contributed by atoms with Crippen molar-refractivity contribution in [2.24, 2.45) is 11.8 Å². The largest absolute Gasteiger partial charge is 0.481 e. The highest BCUT2D eigenvalue weighted by molar-refractivity contribution is 7.09. The van der Waals surface area contributed by atoms with Gasteiger partial charge in [-0.25, -0.2) is 4.98 Å². The number of aliphatic carboxylic acids is 2. The van der Waals surface area contributed by atoms with Crippen LogP contribution in [0.2, 0.25) is 0 Å². The molecular formula is C13H18N2O4S. The summed E-state index contributed by atoms with van der Waals surface area (Å²) in [6.45, 7) is 3.66. The summed E-state index contributed by atoms with van der Waals surface area (Å²) in [6.07, 6.45) is 1.23. The van der Waals surface area contributed by atoms with E-state index >= 15 is 0 Å². The Hall–Kier alpha value is -1.47. The topological polar surface area (TPSA) is 90.7 Å². The average molecular weight is 298 g/mol. The van der Waals surface area contributed by atoms with E-state index in [1.54, 1.807) is 16.8 Å². The van der Waals surface area contributed by atoms with Crippen molar-refractivity contribution >= 4 is 23.3 Å². The first-order valence-corrected chi connectivity index (χ1v) is 7.44. The van der Waals surface area contributed by atoms with Crippen molar-refractivity contribution in [3.05, 3.63) is 16.1 Å². The summed E-state index contributed by atoms with van der Waals surface area (Å²) in [5.41, 5.74) is 2.83. The van der Waals surface area contributed by atoms with Gasteiger partial charge in [0, 0.05) is 18.0 Å². The molecule has 1 aromatic heterocycles. The van der Waals surface area contributed by atoms with Crippen LogP contribution in [0.4, 0.5) is 0 Å². The van der Waals surface area contributed by atoms with Gasteiger partial charge in [0.15, 0.2) is 0 Å². The summed E-state index contributed by atoms with van der Waals surface area (Å²) in [4.78, 5) is 29.7. The zero-order chi connectivity index (χ0) is 14.7. The number of rotatable bonds is 5. The number of aromatic nitrogens is 1. The molecule has 0 bridgehead atoms. The standard InChI is InChI=1S/C13H18N2O4S/c1-8-11(20-7-14-8)3-5-15-4-2-9(12(16)17)10(6-15)13(18)19/h7,9-10H,2-6H2,1H3,(H,16,17)(H,18,19). The maximum absolute atomic E-state index is 11.2. The zero-order valence-corrected chi connectivity index (χ0v) is 12.1. The molecule has 0 spiro atoms. The van der Waals surface area contributed by atoms with E-state index in [-0.39, 0.29) is 0 Å². The number of likely N-dealkylation sites (tertiary alicyclic amines) is 1. The molecule has 2 heterocycles. The quantitative estimate of drug-likeness (QED) is 0.846. The Bertz CT molecular complexity index is 502. The number of hydrogen-bond donors (Lipinski definition) is 2. The SMILES string of the molecule is Cc1ncsc1CCN1CCC(C(=O)O)C(C(=O)O)C1. The molecule has 0 radical (unpaired) electrons. The number of carbonyl (C=O) groups is 2. The van der Waals surface area contributed by atoms with Gasteiger partial charge in [0.05, 0.1) is 23.0 Å². The van der Waals surface area contributed by atoms with E-state index in [2.05, 4.69) is 4.98 Å². The Balaban J connectivity index is 1.93. The lowest BCUT2D eigenvalue weighted by Crippen LogP contribution is -2.46. The molecule has 1 aromatic rings. The van der Waals surface area contributed by atoms with Gasteiger partial charge >= 0.3 is 11.9 Å². The van der Waals surface area contributed by atoms with Gasteiger partial charge in [-0.3, -0.25) is 9.59 Å². The third-order valence-electron chi connectivity index (χ3n) is 3.83. The number of aryl methyl sites for hydroxylation is 1. The van der Waals surface area contributed by atoms with Crippen LogP contribution in [-0.4, -0.2) is 51.7 Å². The highest BCUT2D eigenvalue weighted by atomic mass is 32.1. The van der Waals surface area contributed by atoms with Crippen LogP contribution in [0.1, 0.15) is 17.0 Å². The van der Waals surface area contributed by atoms with Crippen LogP contribution in [0.25, 0.3) is 0 Å². The van der Waals surface area contributed by atoms with Crippen molar-refractivity contribution in [1.29, 1.82) is 0 Å². The van der Waals surface area contributed by atoms with Gasteiger partial charge in [0.25, 0.3) is 0 Å². The average Bonchev–Trinajstić information content (AvgIpc) is 2.81. The summed E-state index contributed by atoms with van der Waals surface area (Å²) < 4.78 is 0. The third kappa shape index (κ3) is 3.34. The zero-order valence-electron chi connectivity index (χ0n) is 11.3. The molecule has 0 saturated carbocycles. The van der Waals surface area contributed by atoms with Crippen molar-refractivity contribution in [2.45, 2.75) is 19.8 Å². The predicted molar refractivity (Wildman–Crippen MR) is 73.9 cm³/mol. The second-order valence-electron chi connectivity index (χ2n) is 5.09. The van der Waals surface area contributed by atoms with Crippen LogP contribution in [0, 0.1) is 18.8 Å². The van der Waals surface area contributed by atoms with Gasteiger partial charge in [-0.15, -0.1) is 11.3 Å². The van der Waals surface area contributed by atoms with E-state index in [1.165, 1.54) is 4.88 Å². The molecule has 0 aromatic carbocycles. The van der Waals surface area contributed by atoms with Crippen LogP contribution >= 0.6 is 11.3 Å². The van der Waals surface area contributed by atoms with Gasteiger partial charge in [-0.2, -0.15) is 0 Å². The number of carboxylic acids is 2. The molecule has 6 nitrogen and oxygen atoms in total. The second-order valence-corrected chi connectivity index (χ2v) is 6.03. The lowest BCUT2D eigenvalue weighted by Gasteiger charge is -2.34. The summed E-state index contributed by atoms with van der Waals surface area (Å²) in [5.74, 6) is -3.61. The van der Waals surface area contributed by atoms with Crippen molar-refractivity contribution < 1.29 is 19.8 Å². The number of carboxylic acid groups (broad SMARTS) is 2. The normalized spacial score (nSPS) is 23.6. The van der Waals surface area contributed by atoms with Crippen LogP contribution < -0.4 is 0 Å².